The zero-order chi connectivity index (χ0) is 14.9. The maximum absolute atomic E-state index is 12.4. The molecule has 21 heavy (non-hydrogen) atoms. The average molecular weight is 324 g/mol. The van der Waals surface area contributed by atoms with Crippen LogP contribution in [0.2, 0.25) is 5.02 Å². The Bertz CT molecular complexity index is 704. The minimum atomic E-state index is -0.392. The molecule has 0 unspecified atom stereocenters. The van der Waals surface area contributed by atoms with E-state index in [4.69, 9.17) is 28.2 Å². The molecule has 1 fully saturated rings. The Balaban J connectivity index is 1.60. The Morgan fingerprint density at radius 3 is 2.71 bits per heavy atom. The number of rotatable bonds is 5. The molecule has 0 aliphatic heterocycles. The summed E-state index contributed by atoms with van der Waals surface area (Å²) in [6.07, 6.45) is 2.24. The van der Waals surface area contributed by atoms with Crippen molar-refractivity contribution in [3.63, 3.8) is 0 Å². The van der Waals surface area contributed by atoms with Crippen LogP contribution < -0.4 is 5.32 Å². The normalized spacial score (nSPS) is 15.7. The van der Waals surface area contributed by atoms with Crippen molar-refractivity contribution in [2.45, 2.75) is 24.7 Å². The van der Waals surface area contributed by atoms with Crippen LogP contribution in [0.4, 0.5) is 0 Å². The second-order valence-electron chi connectivity index (χ2n) is 5.10. The first kappa shape index (κ1) is 14.3. The van der Waals surface area contributed by atoms with Gasteiger partial charge in [-0.1, -0.05) is 23.7 Å². The average Bonchev–Trinajstić information content (AvgIpc) is 3.18. The summed E-state index contributed by atoms with van der Waals surface area (Å²) in [7, 11) is 0. The van der Waals surface area contributed by atoms with Crippen molar-refractivity contribution in [2.75, 3.05) is 6.54 Å². The Kier molecular flexibility index (Phi) is 3.82. The Morgan fingerprint density at radius 1 is 1.43 bits per heavy atom. The number of nitrogens with one attached hydrogen (secondary N) is 2. The standard InChI is InChI=1S/C14H14ClN3O2S/c15-10-3-1-9(2-4-10)14(6-7-14)12(19)16-8-5-11-17-18-13(21)20-11/h1-4H,5-8H2,(H,16,19)(H,18,21). The molecule has 2 N–H and O–H groups in total. The van der Waals surface area contributed by atoms with Crippen molar-refractivity contribution in [3.8, 4) is 0 Å². The first-order chi connectivity index (χ1) is 10.1. The van der Waals surface area contributed by atoms with Crippen LogP contribution in [-0.2, 0) is 16.6 Å². The summed E-state index contributed by atoms with van der Waals surface area (Å²) < 4.78 is 5.15. The minimum absolute atomic E-state index is 0.0407. The summed E-state index contributed by atoms with van der Waals surface area (Å²) in [4.78, 5) is 12.6. The highest BCUT2D eigenvalue weighted by molar-refractivity contribution is 7.71. The first-order valence-corrected chi connectivity index (χ1v) is 7.47. The molecule has 1 saturated carbocycles. The van der Waals surface area contributed by atoms with E-state index < -0.39 is 5.41 Å². The van der Waals surface area contributed by atoms with E-state index in [1.54, 1.807) is 0 Å². The number of H-pyrrole nitrogens is 1. The number of halogens is 1. The number of carbonyl (C=O) groups is 1. The van der Waals surface area contributed by atoms with Crippen LogP contribution in [0, 0.1) is 4.84 Å². The third-order valence-electron chi connectivity index (χ3n) is 3.69. The number of benzene rings is 1. The lowest BCUT2D eigenvalue weighted by Gasteiger charge is -2.15. The van der Waals surface area contributed by atoms with Crippen LogP contribution in [0.5, 0.6) is 0 Å². The molecule has 7 heteroatoms. The van der Waals surface area contributed by atoms with Gasteiger partial charge in [0, 0.05) is 18.0 Å². The lowest BCUT2D eigenvalue weighted by molar-refractivity contribution is -0.123. The van der Waals surface area contributed by atoms with Gasteiger partial charge in [0.15, 0.2) is 0 Å². The Hall–Kier alpha value is -1.66. The molecule has 1 heterocycles. The lowest BCUT2D eigenvalue weighted by atomic mass is 9.95. The van der Waals surface area contributed by atoms with Crippen LogP contribution in [0.1, 0.15) is 24.3 Å². The van der Waals surface area contributed by atoms with E-state index in [0.717, 1.165) is 18.4 Å². The van der Waals surface area contributed by atoms with Crippen molar-refractivity contribution in [2.24, 2.45) is 0 Å². The fraction of sp³-hybridized carbons (Fsp3) is 0.357. The highest BCUT2D eigenvalue weighted by Crippen LogP contribution is 2.48. The van der Waals surface area contributed by atoms with E-state index >= 15 is 0 Å². The molecule has 0 saturated heterocycles. The van der Waals surface area contributed by atoms with E-state index in [9.17, 15) is 4.79 Å². The molecule has 1 aliphatic carbocycles. The smallest absolute Gasteiger partial charge is 0.284 e. The molecule has 1 aromatic heterocycles. The van der Waals surface area contributed by atoms with Crippen molar-refractivity contribution in [1.82, 2.24) is 15.5 Å². The molecule has 0 bridgehead atoms. The first-order valence-electron chi connectivity index (χ1n) is 6.69. The molecule has 1 aliphatic rings. The van der Waals surface area contributed by atoms with Gasteiger partial charge >= 0.3 is 0 Å². The third kappa shape index (κ3) is 3.01. The predicted molar refractivity (Wildman–Crippen MR) is 80.8 cm³/mol. The van der Waals surface area contributed by atoms with Gasteiger partial charge in [-0.25, -0.2) is 5.10 Å². The summed E-state index contributed by atoms with van der Waals surface area (Å²) in [6.45, 7) is 0.470. The molecule has 110 valence electrons. The number of carbonyl (C=O) groups excluding carboxylic acids is 1. The van der Waals surface area contributed by atoms with Crippen LogP contribution in [0.3, 0.4) is 0 Å². The Morgan fingerprint density at radius 2 is 2.14 bits per heavy atom. The molecule has 0 spiro atoms. The van der Waals surface area contributed by atoms with Gasteiger partial charge in [0.1, 0.15) is 0 Å². The fourth-order valence-electron chi connectivity index (χ4n) is 2.36. The highest BCUT2D eigenvalue weighted by Gasteiger charge is 2.50. The van der Waals surface area contributed by atoms with E-state index in [1.807, 2.05) is 24.3 Å². The Labute approximate surface area is 131 Å². The van der Waals surface area contributed by atoms with Gasteiger partial charge in [0.2, 0.25) is 11.8 Å². The highest BCUT2D eigenvalue weighted by atomic mass is 35.5. The molecule has 1 aromatic carbocycles. The second-order valence-corrected chi connectivity index (χ2v) is 5.91. The number of aromatic amines is 1. The summed E-state index contributed by atoms with van der Waals surface area (Å²) in [6, 6.07) is 7.47. The number of hydrogen-bond donors (Lipinski definition) is 2. The van der Waals surface area contributed by atoms with Gasteiger partial charge in [-0.15, -0.1) is 5.10 Å². The van der Waals surface area contributed by atoms with Gasteiger partial charge in [-0.05, 0) is 42.8 Å². The molecule has 0 radical (unpaired) electrons. The quantitative estimate of drug-likeness (QED) is 0.830. The van der Waals surface area contributed by atoms with Gasteiger partial charge in [0.25, 0.3) is 4.84 Å². The van der Waals surface area contributed by atoms with Crippen molar-refractivity contribution >= 4 is 29.7 Å². The topological polar surface area (TPSA) is 70.9 Å². The third-order valence-corrected chi connectivity index (χ3v) is 4.11. The molecule has 5 nitrogen and oxygen atoms in total. The minimum Gasteiger partial charge on any atom is -0.414 e. The zero-order valence-corrected chi connectivity index (χ0v) is 12.8. The summed E-state index contributed by atoms with van der Waals surface area (Å²) in [5.74, 6) is 0.538. The number of nitrogens with zero attached hydrogens (tertiary/aromatic N) is 1. The maximum atomic E-state index is 12.4. The number of hydrogen-bond acceptors (Lipinski definition) is 4. The molecule has 3 rings (SSSR count). The zero-order valence-electron chi connectivity index (χ0n) is 11.2. The number of aromatic nitrogens is 2. The number of amides is 1. The molecule has 2 aromatic rings. The van der Waals surface area contributed by atoms with Gasteiger partial charge in [-0.2, -0.15) is 0 Å². The van der Waals surface area contributed by atoms with Gasteiger partial charge in [-0.3, -0.25) is 4.79 Å². The van der Waals surface area contributed by atoms with Gasteiger partial charge < -0.3 is 9.73 Å². The van der Waals surface area contributed by atoms with Crippen molar-refractivity contribution in [3.05, 3.63) is 45.6 Å². The molecular formula is C14H14ClN3O2S. The van der Waals surface area contributed by atoms with Crippen LogP contribution in [0.25, 0.3) is 0 Å². The van der Waals surface area contributed by atoms with E-state index in [-0.39, 0.29) is 10.7 Å². The SMILES string of the molecule is O=C(NCCc1n[nH]c(=S)o1)C1(c2ccc(Cl)cc2)CC1. The van der Waals surface area contributed by atoms with E-state index in [2.05, 4.69) is 15.5 Å². The fourth-order valence-corrected chi connectivity index (χ4v) is 2.63. The molecule has 1 amide bonds. The largest absolute Gasteiger partial charge is 0.414 e. The van der Waals surface area contributed by atoms with Crippen LogP contribution in [0.15, 0.2) is 28.7 Å². The van der Waals surface area contributed by atoms with Gasteiger partial charge in [0.05, 0.1) is 5.41 Å². The van der Waals surface area contributed by atoms with Crippen molar-refractivity contribution in [1.29, 1.82) is 0 Å². The lowest BCUT2D eigenvalue weighted by Crippen LogP contribution is -2.35. The summed E-state index contributed by atoms with van der Waals surface area (Å²) in [5, 5.41) is 10.1. The van der Waals surface area contributed by atoms with Crippen LogP contribution in [-0.4, -0.2) is 22.6 Å². The molecular weight excluding hydrogens is 310 g/mol. The van der Waals surface area contributed by atoms with E-state index in [0.29, 0.717) is 23.9 Å². The van der Waals surface area contributed by atoms with Crippen molar-refractivity contribution < 1.29 is 9.21 Å². The molecule has 0 atom stereocenters. The predicted octanol–water partition coefficient (Wildman–Crippen LogP) is 2.78. The monoisotopic (exact) mass is 323 g/mol. The van der Waals surface area contributed by atoms with E-state index in [1.165, 1.54) is 0 Å². The second kappa shape index (κ2) is 5.61. The van der Waals surface area contributed by atoms with Crippen LogP contribution >= 0.6 is 23.8 Å². The summed E-state index contributed by atoms with van der Waals surface area (Å²) in [5.41, 5.74) is 0.623. The maximum Gasteiger partial charge on any atom is 0.284 e. The summed E-state index contributed by atoms with van der Waals surface area (Å²) >= 11 is 10.7.